The zero-order chi connectivity index (χ0) is 34.0. The maximum absolute atomic E-state index is 6.47. The van der Waals surface area contributed by atoms with Crippen LogP contribution in [0.3, 0.4) is 0 Å². The van der Waals surface area contributed by atoms with Gasteiger partial charge in [0.1, 0.15) is 11.2 Å². The van der Waals surface area contributed by atoms with Crippen LogP contribution in [0.1, 0.15) is 22.3 Å². The van der Waals surface area contributed by atoms with E-state index in [1.54, 1.807) is 0 Å². The Labute approximate surface area is 300 Å². The standard InChI is InChI=1S/C50H29NO/c1-2-13-30(14-3-1)47-34-17-4-6-19-36(34)48(37-20-7-5-18-35(37)47)31-24-25-38-43(27-31)50(42-22-12-26-51-49(38)42)41-21-10-8-15-32(41)39-29-46-40(28-44(39)50)33-16-9-11-23-45(33)52-46/h1-29H. The average molecular weight is 660 g/mol. The summed E-state index contributed by atoms with van der Waals surface area (Å²) in [6.45, 7) is 0. The highest BCUT2D eigenvalue weighted by molar-refractivity contribution is 6.21. The Bertz CT molecular complexity index is 3080. The molecule has 2 heterocycles. The Balaban J connectivity index is 1.21. The number of hydrogen-bond acceptors (Lipinski definition) is 2. The summed E-state index contributed by atoms with van der Waals surface area (Å²) in [7, 11) is 0. The molecule has 0 fully saturated rings. The fourth-order valence-corrected chi connectivity index (χ4v) is 9.71. The molecule has 52 heavy (non-hydrogen) atoms. The predicted molar refractivity (Wildman–Crippen MR) is 214 cm³/mol. The lowest BCUT2D eigenvalue weighted by Crippen LogP contribution is -2.26. The second-order valence-corrected chi connectivity index (χ2v) is 14.2. The van der Waals surface area contributed by atoms with Crippen LogP contribution in [0.5, 0.6) is 0 Å². The third-order valence-electron chi connectivity index (χ3n) is 11.7. The van der Waals surface area contributed by atoms with Gasteiger partial charge in [-0.25, -0.2) is 0 Å². The molecule has 8 aromatic carbocycles. The smallest absolute Gasteiger partial charge is 0.136 e. The van der Waals surface area contributed by atoms with E-state index in [9.17, 15) is 0 Å². The topological polar surface area (TPSA) is 26.0 Å². The van der Waals surface area contributed by atoms with Crippen LogP contribution in [0.4, 0.5) is 0 Å². The van der Waals surface area contributed by atoms with Crippen LogP contribution in [-0.4, -0.2) is 4.98 Å². The summed E-state index contributed by atoms with van der Waals surface area (Å²) < 4.78 is 6.47. The van der Waals surface area contributed by atoms with Gasteiger partial charge in [-0.3, -0.25) is 4.98 Å². The molecule has 1 spiro atoms. The van der Waals surface area contributed by atoms with Crippen molar-refractivity contribution in [3.63, 3.8) is 0 Å². The van der Waals surface area contributed by atoms with Crippen LogP contribution >= 0.6 is 0 Å². The molecule has 2 heteroatoms. The molecule has 10 aromatic rings. The molecule has 0 radical (unpaired) electrons. The molecule has 12 rings (SSSR count). The van der Waals surface area contributed by atoms with Gasteiger partial charge < -0.3 is 4.42 Å². The van der Waals surface area contributed by atoms with E-state index in [4.69, 9.17) is 9.40 Å². The van der Waals surface area contributed by atoms with Crippen molar-refractivity contribution in [2.75, 3.05) is 0 Å². The van der Waals surface area contributed by atoms with Crippen molar-refractivity contribution in [1.29, 1.82) is 0 Å². The number of hydrogen-bond donors (Lipinski definition) is 0. The van der Waals surface area contributed by atoms with Crippen LogP contribution in [0.25, 0.3) is 88.1 Å². The number of para-hydroxylation sites is 1. The van der Waals surface area contributed by atoms with Crippen molar-refractivity contribution in [3.05, 3.63) is 198 Å². The Morgan fingerprint density at radius 1 is 0.365 bits per heavy atom. The molecule has 2 aromatic heterocycles. The molecular weight excluding hydrogens is 631 g/mol. The van der Waals surface area contributed by atoms with Gasteiger partial charge in [-0.2, -0.15) is 0 Å². The Morgan fingerprint density at radius 3 is 1.75 bits per heavy atom. The molecule has 0 amide bonds. The minimum absolute atomic E-state index is 0.539. The van der Waals surface area contributed by atoms with Crippen LogP contribution in [0, 0.1) is 0 Å². The third kappa shape index (κ3) is 3.46. The van der Waals surface area contributed by atoms with Crippen LogP contribution < -0.4 is 0 Å². The van der Waals surface area contributed by atoms with Gasteiger partial charge in [-0.1, -0.05) is 140 Å². The minimum Gasteiger partial charge on any atom is -0.456 e. The SMILES string of the molecule is c1ccc(-c2c3ccccc3c(-c3ccc4c(c3)C3(c5ccccc5-c5cc6oc7ccccc7c6cc53)c3cccnc3-4)c3ccccc23)cc1. The van der Waals surface area contributed by atoms with Crippen molar-refractivity contribution in [2.45, 2.75) is 5.41 Å². The van der Waals surface area contributed by atoms with E-state index in [0.29, 0.717) is 0 Å². The molecule has 2 aliphatic rings. The van der Waals surface area contributed by atoms with Gasteiger partial charge in [0.2, 0.25) is 0 Å². The lowest BCUT2D eigenvalue weighted by Gasteiger charge is -2.30. The largest absolute Gasteiger partial charge is 0.456 e. The van der Waals surface area contributed by atoms with E-state index in [-0.39, 0.29) is 0 Å². The maximum Gasteiger partial charge on any atom is 0.136 e. The summed E-state index contributed by atoms with van der Waals surface area (Å²) in [5, 5.41) is 7.30. The zero-order valence-electron chi connectivity index (χ0n) is 28.1. The lowest BCUT2D eigenvalue weighted by molar-refractivity contribution is 0.669. The normalized spacial score (nSPS) is 15.4. The average Bonchev–Trinajstić information content (AvgIpc) is 3.82. The van der Waals surface area contributed by atoms with Gasteiger partial charge in [0, 0.05) is 22.5 Å². The molecule has 0 aliphatic heterocycles. The molecule has 0 N–H and O–H groups in total. The van der Waals surface area contributed by atoms with Gasteiger partial charge in [-0.15, -0.1) is 0 Å². The van der Waals surface area contributed by atoms with Gasteiger partial charge in [0.15, 0.2) is 0 Å². The van der Waals surface area contributed by atoms with Crippen LogP contribution in [0.2, 0.25) is 0 Å². The molecule has 2 nitrogen and oxygen atoms in total. The van der Waals surface area contributed by atoms with E-state index < -0.39 is 5.41 Å². The first-order chi connectivity index (χ1) is 25.8. The summed E-state index contributed by atoms with van der Waals surface area (Å²) in [4.78, 5) is 5.10. The quantitative estimate of drug-likeness (QED) is 0.173. The molecule has 1 atom stereocenters. The summed E-state index contributed by atoms with van der Waals surface area (Å²) in [5.41, 5.74) is 16.1. The molecule has 1 unspecified atom stereocenters. The number of rotatable bonds is 2. The number of benzene rings is 8. The first-order valence-corrected chi connectivity index (χ1v) is 18.0. The van der Waals surface area contributed by atoms with Crippen molar-refractivity contribution >= 4 is 43.5 Å². The Hall–Kier alpha value is -6.77. The monoisotopic (exact) mass is 659 g/mol. The van der Waals surface area contributed by atoms with Crippen LogP contribution in [-0.2, 0) is 5.41 Å². The van der Waals surface area contributed by atoms with Gasteiger partial charge >= 0.3 is 0 Å². The Kier molecular flexibility index (Phi) is 5.46. The maximum atomic E-state index is 6.47. The number of aromatic nitrogens is 1. The van der Waals surface area contributed by atoms with Crippen molar-refractivity contribution in [2.24, 2.45) is 0 Å². The second-order valence-electron chi connectivity index (χ2n) is 14.2. The first kappa shape index (κ1) is 28.0. The van der Waals surface area contributed by atoms with Gasteiger partial charge in [-0.05, 0) is 108 Å². The number of furan rings is 1. The second kappa shape index (κ2) is 10.2. The zero-order valence-corrected chi connectivity index (χ0v) is 28.1. The molecule has 2 aliphatic carbocycles. The third-order valence-corrected chi connectivity index (χ3v) is 11.7. The van der Waals surface area contributed by atoms with Gasteiger partial charge in [0.05, 0.1) is 11.1 Å². The van der Waals surface area contributed by atoms with E-state index >= 15 is 0 Å². The van der Waals surface area contributed by atoms with Crippen LogP contribution in [0.15, 0.2) is 180 Å². The number of nitrogens with zero attached hydrogens (tertiary/aromatic N) is 1. The predicted octanol–water partition coefficient (Wildman–Crippen LogP) is 13.0. The fraction of sp³-hybridized carbons (Fsp3) is 0.0200. The molecule has 0 saturated carbocycles. The highest BCUT2D eigenvalue weighted by Gasteiger charge is 2.52. The summed E-state index contributed by atoms with van der Waals surface area (Å²) in [6, 6.07) is 62.2. The number of fused-ring (bicyclic) bond motifs is 15. The van der Waals surface area contributed by atoms with E-state index in [1.807, 2.05) is 12.3 Å². The molecule has 0 bridgehead atoms. The summed E-state index contributed by atoms with van der Waals surface area (Å²) >= 11 is 0. The molecule has 240 valence electrons. The van der Waals surface area contributed by atoms with Crippen molar-refractivity contribution in [3.8, 4) is 44.6 Å². The fourth-order valence-electron chi connectivity index (χ4n) is 9.71. The minimum atomic E-state index is -0.539. The summed E-state index contributed by atoms with van der Waals surface area (Å²) in [5.74, 6) is 0. The van der Waals surface area contributed by atoms with Gasteiger partial charge in [0.25, 0.3) is 0 Å². The van der Waals surface area contributed by atoms with E-state index in [1.165, 1.54) is 82.7 Å². The lowest BCUT2D eigenvalue weighted by atomic mass is 9.70. The highest BCUT2D eigenvalue weighted by Crippen LogP contribution is 2.63. The Morgan fingerprint density at radius 2 is 0.981 bits per heavy atom. The van der Waals surface area contributed by atoms with E-state index in [0.717, 1.165) is 27.6 Å². The van der Waals surface area contributed by atoms with E-state index in [2.05, 4.69) is 164 Å². The molecule has 0 saturated heterocycles. The first-order valence-electron chi connectivity index (χ1n) is 18.0. The van der Waals surface area contributed by atoms with Crippen molar-refractivity contribution < 1.29 is 4.42 Å². The highest BCUT2D eigenvalue weighted by atomic mass is 16.3. The number of pyridine rings is 1. The summed E-state index contributed by atoms with van der Waals surface area (Å²) in [6.07, 6.45) is 1.94. The van der Waals surface area contributed by atoms with Crippen molar-refractivity contribution in [1.82, 2.24) is 4.98 Å². The molecular formula is C50H29NO.